The van der Waals surface area contributed by atoms with Gasteiger partial charge < -0.3 is 0 Å². The first kappa shape index (κ1) is 8.71. The number of hydrogen-bond acceptors (Lipinski definition) is 2. The monoisotopic (exact) mass is 236 g/mol. The Balaban J connectivity index is 2.26. The Morgan fingerprint density at radius 1 is 1.54 bits per heavy atom. The summed E-state index contributed by atoms with van der Waals surface area (Å²) in [5.41, 5.74) is 1.16. The lowest BCUT2D eigenvalue weighted by Gasteiger charge is -2.09. The number of pyridine rings is 1. The van der Waals surface area contributed by atoms with Gasteiger partial charge in [-0.15, -0.1) is 0 Å². The van der Waals surface area contributed by atoms with Crippen LogP contribution in [-0.2, 0) is 5.41 Å². The number of nitrogens with zero attached hydrogens (tertiary/aromatic N) is 2. The standard InChI is InChI=1S/C10H9BrN2/c11-8-1-2-9(13-7-8)10(3-4-10)5-6-12/h1-2,7H,3-5H2. The van der Waals surface area contributed by atoms with Gasteiger partial charge >= 0.3 is 0 Å². The SMILES string of the molecule is N#CCC1(c2ccc(Br)cn2)CC1. The van der Waals surface area contributed by atoms with E-state index in [1.165, 1.54) is 0 Å². The van der Waals surface area contributed by atoms with Crippen LogP contribution in [0.1, 0.15) is 25.0 Å². The molecule has 0 unspecified atom stereocenters. The molecule has 1 heterocycles. The number of aromatic nitrogens is 1. The van der Waals surface area contributed by atoms with Crippen LogP contribution in [0.2, 0.25) is 0 Å². The van der Waals surface area contributed by atoms with Crippen molar-refractivity contribution in [3.05, 3.63) is 28.5 Å². The van der Waals surface area contributed by atoms with E-state index in [0.29, 0.717) is 6.42 Å². The molecule has 1 aromatic heterocycles. The minimum Gasteiger partial charge on any atom is -0.260 e. The van der Waals surface area contributed by atoms with E-state index in [4.69, 9.17) is 5.26 Å². The summed E-state index contributed by atoms with van der Waals surface area (Å²) in [6.45, 7) is 0. The molecule has 0 spiro atoms. The minimum absolute atomic E-state index is 0.0927. The second-order valence-corrected chi connectivity index (χ2v) is 4.39. The lowest BCUT2D eigenvalue weighted by atomic mass is 9.98. The van der Waals surface area contributed by atoms with Crippen molar-refractivity contribution < 1.29 is 0 Å². The molecule has 3 heteroatoms. The van der Waals surface area contributed by atoms with Gasteiger partial charge in [-0.05, 0) is 40.9 Å². The number of nitriles is 1. The smallest absolute Gasteiger partial charge is 0.0631 e. The average Bonchev–Trinajstić information content (AvgIpc) is 2.87. The van der Waals surface area contributed by atoms with Crippen molar-refractivity contribution in [3.8, 4) is 6.07 Å². The Kier molecular flexibility index (Phi) is 2.09. The van der Waals surface area contributed by atoms with Crippen molar-refractivity contribution >= 4 is 15.9 Å². The molecule has 1 aliphatic rings. The van der Waals surface area contributed by atoms with Crippen molar-refractivity contribution in [2.75, 3.05) is 0 Å². The van der Waals surface area contributed by atoms with Gasteiger partial charge in [-0.3, -0.25) is 4.98 Å². The van der Waals surface area contributed by atoms with Gasteiger partial charge in [0.05, 0.1) is 6.07 Å². The Hall–Kier alpha value is -0.880. The summed E-state index contributed by atoms with van der Waals surface area (Å²) < 4.78 is 0.990. The molecule has 0 N–H and O–H groups in total. The topological polar surface area (TPSA) is 36.7 Å². The Labute approximate surface area is 85.7 Å². The van der Waals surface area contributed by atoms with Gasteiger partial charge in [0, 0.05) is 28.2 Å². The van der Waals surface area contributed by atoms with Gasteiger partial charge in [-0.1, -0.05) is 0 Å². The quantitative estimate of drug-likeness (QED) is 0.792. The van der Waals surface area contributed by atoms with Crippen molar-refractivity contribution in [1.82, 2.24) is 4.98 Å². The highest BCUT2D eigenvalue weighted by Gasteiger charge is 2.45. The van der Waals surface area contributed by atoms with Crippen LogP contribution in [0.4, 0.5) is 0 Å². The van der Waals surface area contributed by atoms with E-state index >= 15 is 0 Å². The molecule has 2 nitrogen and oxygen atoms in total. The fraction of sp³-hybridized carbons (Fsp3) is 0.400. The number of halogens is 1. The first-order valence-corrected chi connectivity index (χ1v) is 5.05. The molecule has 2 rings (SSSR count). The van der Waals surface area contributed by atoms with E-state index in [1.807, 2.05) is 12.1 Å². The predicted octanol–water partition coefficient (Wildman–Crippen LogP) is 2.79. The van der Waals surface area contributed by atoms with E-state index in [-0.39, 0.29) is 5.41 Å². The largest absolute Gasteiger partial charge is 0.260 e. The lowest BCUT2D eigenvalue weighted by molar-refractivity contribution is 0.685. The highest BCUT2D eigenvalue weighted by atomic mass is 79.9. The first-order valence-electron chi connectivity index (χ1n) is 4.26. The molecular formula is C10H9BrN2. The fourth-order valence-corrected chi connectivity index (χ4v) is 1.75. The van der Waals surface area contributed by atoms with Crippen LogP contribution in [0, 0.1) is 11.3 Å². The van der Waals surface area contributed by atoms with Gasteiger partial charge in [0.25, 0.3) is 0 Å². The van der Waals surface area contributed by atoms with Gasteiger partial charge in [-0.2, -0.15) is 5.26 Å². The molecule has 0 bridgehead atoms. The molecule has 0 radical (unpaired) electrons. The van der Waals surface area contributed by atoms with E-state index < -0.39 is 0 Å². The Bertz CT molecular complexity index is 346. The molecule has 0 amide bonds. The van der Waals surface area contributed by atoms with Crippen molar-refractivity contribution in [3.63, 3.8) is 0 Å². The summed E-state index contributed by atoms with van der Waals surface area (Å²) in [4.78, 5) is 4.33. The second-order valence-electron chi connectivity index (χ2n) is 3.48. The van der Waals surface area contributed by atoms with Gasteiger partial charge in [0.2, 0.25) is 0 Å². The van der Waals surface area contributed by atoms with Crippen molar-refractivity contribution in [2.24, 2.45) is 0 Å². The van der Waals surface area contributed by atoms with E-state index in [0.717, 1.165) is 23.0 Å². The van der Waals surface area contributed by atoms with Crippen molar-refractivity contribution in [1.29, 1.82) is 5.26 Å². The lowest BCUT2D eigenvalue weighted by Crippen LogP contribution is -2.07. The zero-order chi connectivity index (χ0) is 9.31. The molecule has 13 heavy (non-hydrogen) atoms. The number of hydrogen-bond donors (Lipinski definition) is 0. The molecule has 66 valence electrons. The summed E-state index contributed by atoms with van der Waals surface area (Å²) in [6.07, 6.45) is 4.61. The van der Waals surface area contributed by atoms with Crippen LogP contribution in [0.3, 0.4) is 0 Å². The third-order valence-electron chi connectivity index (χ3n) is 2.54. The van der Waals surface area contributed by atoms with Crippen LogP contribution in [0.25, 0.3) is 0 Å². The second kappa shape index (κ2) is 3.12. The van der Waals surface area contributed by atoms with Gasteiger partial charge in [0.15, 0.2) is 0 Å². The summed E-state index contributed by atoms with van der Waals surface area (Å²) in [5.74, 6) is 0. The summed E-state index contributed by atoms with van der Waals surface area (Å²) in [5, 5.41) is 8.67. The molecular weight excluding hydrogens is 228 g/mol. The van der Waals surface area contributed by atoms with Crippen LogP contribution >= 0.6 is 15.9 Å². The average molecular weight is 237 g/mol. The maximum atomic E-state index is 8.67. The van der Waals surface area contributed by atoms with Gasteiger partial charge in [0.1, 0.15) is 0 Å². The Morgan fingerprint density at radius 3 is 2.77 bits per heavy atom. The van der Waals surface area contributed by atoms with Crippen LogP contribution in [-0.4, -0.2) is 4.98 Å². The molecule has 0 saturated heterocycles. The van der Waals surface area contributed by atoms with Crippen LogP contribution in [0.5, 0.6) is 0 Å². The normalized spacial score (nSPS) is 17.8. The minimum atomic E-state index is 0.0927. The summed E-state index contributed by atoms with van der Waals surface area (Å²) in [6, 6.07) is 6.23. The highest BCUT2D eigenvalue weighted by Crippen LogP contribution is 2.49. The molecule has 1 saturated carbocycles. The molecule has 0 atom stereocenters. The van der Waals surface area contributed by atoms with E-state index in [9.17, 15) is 0 Å². The van der Waals surface area contributed by atoms with Crippen molar-refractivity contribution in [2.45, 2.75) is 24.7 Å². The maximum absolute atomic E-state index is 8.67. The zero-order valence-corrected chi connectivity index (χ0v) is 8.71. The van der Waals surface area contributed by atoms with E-state index in [1.54, 1.807) is 6.20 Å². The third-order valence-corrected chi connectivity index (χ3v) is 3.01. The summed E-state index contributed by atoms with van der Waals surface area (Å²) >= 11 is 3.34. The summed E-state index contributed by atoms with van der Waals surface area (Å²) in [7, 11) is 0. The molecule has 0 aliphatic heterocycles. The molecule has 0 aromatic carbocycles. The first-order chi connectivity index (χ1) is 6.27. The van der Waals surface area contributed by atoms with Gasteiger partial charge in [-0.25, -0.2) is 0 Å². The third kappa shape index (κ3) is 1.59. The molecule has 1 aromatic rings. The van der Waals surface area contributed by atoms with Crippen LogP contribution in [0.15, 0.2) is 22.8 Å². The van der Waals surface area contributed by atoms with E-state index in [2.05, 4.69) is 27.0 Å². The maximum Gasteiger partial charge on any atom is 0.0631 e. The number of rotatable bonds is 2. The highest BCUT2D eigenvalue weighted by molar-refractivity contribution is 9.10. The fourth-order valence-electron chi connectivity index (χ4n) is 1.52. The molecule has 1 fully saturated rings. The zero-order valence-electron chi connectivity index (χ0n) is 7.13. The van der Waals surface area contributed by atoms with Crippen LogP contribution < -0.4 is 0 Å². The predicted molar refractivity (Wildman–Crippen MR) is 53.1 cm³/mol. The Morgan fingerprint density at radius 2 is 2.31 bits per heavy atom. The molecule has 1 aliphatic carbocycles.